The van der Waals surface area contributed by atoms with Gasteiger partial charge >= 0.3 is 6.03 Å². The highest BCUT2D eigenvalue weighted by Gasteiger charge is 2.19. The highest BCUT2D eigenvalue weighted by atomic mass is 35.5. The topological polar surface area (TPSA) is 54.5 Å². The summed E-state index contributed by atoms with van der Waals surface area (Å²) in [5, 5.41) is 5.93. The number of ether oxygens (including phenoxy) is 1. The Bertz CT molecular complexity index is 644. The lowest BCUT2D eigenvalue weighted by Crippen LogP contribution is -2.35. The van der Waals surface area contributed by atoms with E-state index in [4.69, 9.17) is 16.3 Å². The molecule has 110 valence electrons. The fraction of sp³-hybridized carbons (Fsp3) is 0.231. The van der Waals surface area contributed by atoms with Gasteiger partial charge in [0.15, 0.2) is 5.13 Å². The predicted octanol–water partition coefficient (Wildman–Crippen LogP) is 3.93. The maximum absolute atomic E-state index is 12.1. The van der Waals surface area contributed by atoms with Gasteiger partial charge in [-0.15, -0.1) is 11.3 Å². The van der Waals surface area contributed by atoms with Gasteiger partial charge in [-0.3, -0.25) is 9.62 Å². The maximum atomic E-state index is 12.1. The highest BCUT2D eigenvalue weighted by Crippen LogP contribution is 2.27. The molecule has 2 aromatic rings. The summed E-state index contributed by atoms with van der Waals surface area (Å²) >= 11 is 8.72. The van der Waals surface area contributed by atoms with Crippen LogP contribution in [0, 0.1) is 0 Å². The second kappa shape index (κ2) is 6.65. The Morgan fingerprint density at radius 1 is 1.48 bits per heavy atom. The second-order valence-electron chi connectivity index (χ2n) is 4.24. The van der Waals surface area contributed by atoms with Crippen molar-refractivity contribution in [1.82, 2.24) is 9.29 Å². The third kappa shape index (κ3) is 3.68. The second-order valence-corrected chi connectivity index (χ2v) is 6.46. The summed E-state index contributed by atoms with van der Waals surface area (Å²) in [6.07, 6.45) is 0. The van der Waals surface area contributed by atoms with E-state index in [-0.39, 0.29) is 6.03 Å². The van der Waals surface area contributed by atoms with Gasteiger partial charge in [-0.05, 0) is 24.1 Å². The van der Waals surface area contributed by atoms with Gasteiger partial charge in [-0.2, -0.15) is 0 Å². The van der Waals surface area contributed by atoms with E-state index in [0.717, 1.165) is 11.3 Å². The van der Waals surface area contributed by atoms with Crippen molar-refractivity contribution in [3.8, 4) is 11.3 Å². The Labute approximate surface area is 135 Å². The van der Waals surface area contributed by atoms with Gasteiger partial charge in [-0.25, -0.2) is 9.78 Å². The van der Waals surface area contributed by atoms with Crippen LogP contribution in [0.3, 0.4) is 0 Å². The van der Waals surface area contributed by atoms with Crippen LogP contribution in [0.25, 0.3) is 11.3 Å². The number of hydrogen-bond acceptors (Lipinski definition) is 5. The van der Waals surface area contributed by atoms with Crippen molar-refractivity contribution in [2.24, 2.45) is 0 Å². The van der Waals surface area contributed by atoms with Crippen molar-refractivity contribution >= 4 is 46.0 Å². The fourth-order valence-corrected chi connectivity index (χ4v) is 3.38. The first-order valence-corrected chi connectivity index (χ1v) is 8.43. The lowest BCUT2D eigenvalue weighted by molar-refractivity contribution is 0.152. The lowest BCUT2D eigenvalue weighted by Gasteiger charge is -2.24. The number of urea groups is 1. The van der Waals surface area contributed by atoms with Gasteiger partial charge < -0.3 is 4.74 Å². The third-order valence-electron chi connectivity index (χ3n) is 2.80. The van der Waals surface area contributed by atoms with Crippen molar-refractivity contribution in [3.63, 3.8) is 0 Å². The number of nitrogens with zero attached hydrogens (tertiary/aromatic N) is 2. The molecule has 0 unspecified atom stereocenters. The van der Waals surface area contributed by atoms with Crippen molar-refractivity contribution in [2.75, 3.05) is 24.4 Å². The van der Waals surface area contributed by atoms with Crippen LogP contribution in [-0.2, 0) is 4.74 Å². The minimum absolute atomic E-state index is 0.171. The van der Waals surface area contributed by atoms with Crippen LogP contribution >= 0.6 is 34.9 Å². The average Bonchev–Trinajstić information content (AvgIpc) is 2.97. The molecule has 1 aromatic heterocycles. The van der Waals surface area contributed by atoms with E-state index < -0.39 is 0 Å². The molecule has 0 spiro atoms. The van der Waals surface area contributed by atoms with Gasteiger partial charge in [0.2, 0.25) is 0 Å². The number of halogens is 1. The normalized spacial score (nSPS) is 15.0. The quantitative estimate of drug-likeness (QED) is 0.841. The summed E-state index contributed by atoms with van der Waals surface area (Å²) in [6.45, 7) is 1.13. The van der Waals surface area contributed by atoms with Gasteiger partial charge in [0.05, 0.1) is 18.8 Å². The Hall–Kier alpha value is -1.28. The maximum Gasteiger partial charge on any atom is 0.333 e. The van der Waals surface area contributed by atoms with Crippen LogP contribution in [-0.4, -0.2) is 34.4 Å². The van der Waals surface area contributed by atoms with Gasteiger partial charge in [0, 0.05) is 16.0 Å². The molecule has 1 aliphatic rings. The summed E-state index contributed by atoms with van der Waals surface area (Å²) < 4.78 is 6.83. The Kier molecular flexibility index (Phi) is 4.64. The number of benzene rings is 1. The molecule has 2 amide bonds. The van der Waals surface area contributed by atoms with Crippen LogP contribution in [0.1, 0.15) is 0 Å². The van der Waals surface area contributed by atoms with E-state index in [9.17, 15) is 4.79 Å². The zero-order chi connectivity index (χ0) is 14.7. The van der Waals surface area contributed by atoms with Gasteiger partial charge in [0.25, 0.3) is 0 Å². The number of hydrogen-bond donors (Lipinski definition) is 1. The minimum atomic E-state index is -0.171. The molecule has 1 aliphatic heterocycles. The Morgan fingerprint density at radius 2 is 2.38 bits per heavy atom. The number of carbonyl (C=O) groups excluding carboxylic acids is 1. The first kappa shape index (κ1) is 14.6. The number of rotatable bonds is 2. The van der Waals surface area contributed by atoms with E-state index in [2.05, 4.69) is 10.3 Å². The molecule has 1 aromatic carbocycles. The molecule has 2 heterocycles. The molecular weight excluding hydrogens is 330 g/mol. The first-order valence-electron chi connectivity index (χ1n) is 6.23. The average molecular weight is 342 g/mol. The number of amides is 2. The largest absolute Gasteiger partial charge is 0.367 e. The summed E-state index contributed by atoms with van der Waals surface area (Å²) in [4.78, 5) is 16.5. The van der Waals surface area contributed by atoms with Crippen LogP contribution in [0.5, 0.6) is 0 Å². The third-order valence-corrected chi connectivity index (χ3v) is 4.72. The summed E-state index contributed by atoms with van der Waals surface area (Å²) in [5.74, 6) is 0.499. The summed E-state index contributed by atoms with van der Waals surface area (Å²) in [6, 6.07) is 7.30. The number of aromatic nitrogens is 1. The summed E-state index contributed by atoms with van der Waals surface area (Å²) in [7, 11) is 0. The molecule has 1 fully saturated rings. The number of nitrogens with one attached hydrogen (secondary N) is 1. The molecule has 0 radical (unpaired) electrons. The Balaban J connectivity index is 1.69. The molecule has 0 saturated carbocycles. The lowest BCUT2D eigenvalue weighted by atomic mass is 10.2. The van der Waals surface area contributed by atoms with E-state index in [1.807, 2.05) is 29.6 Å². The molecule has 0 aliphatic carbocycles. The monoisotopic (exact) mass is 341 g/mol. The molecule has 1 saturated heterocycles. The van der Waals surface area contributed by atoms with E-state index in [0.29, 0.717) is 29.2 Å². The van der Waals surface area contributed by atoms with Crippen molar-refractivity contribution in [3.05, 3.63) is 34.7 Å². The standard InChI is InChI=1S/C13H12ClN3O2S2/c14-10-3-1-2-9(6-10)11-7-20-12(15-11)16-13(18)17-4-5-19-8-21-17/h1-3,6-7H,4-5,8H2,(H,15,16,18). The Morgan fingerprint density at radius 3 is 3.14 bits per heavy atom. The van der Waals surface area contributed by atoms with E-state index >= 15 is 0 Å². The zero-order valence-electron chi connectivity index (χ0n) is 10.9. The first-order chi connectivity index (χ1) is 10.2. The number of carbonyl (C=O) groups is 1. The number of thiazole rings is 1. The zero-order valence-corrected chi connectivity index (χ0v) is 13.3. The smallest absolute Gasteiger partial charge is 0.333 e. The van der Waals surface area contributed by atoms with Crippen LogP contribution in [0.15, 0.2) is 29.6 Å². The molecular formula is C13H12ClN3O2S2. The molecule has 5 nitrogen and oxygen atoms in total. The van der Waals surface area contributed by atoms with Crippen molar-refractivity contribution in [1.29, 1.82) is 0 Å². The molecule has 0 atom stereocenters. The van der Waals surface area contributed by atoms with Crippen molar-refractivity contribution in [2.45, 2.75) is 0 Å². The fourth-order valence-electron chi connectivity index (χ4n) is 1.80. The predicted molar refractivity (Wildman–Crippen MR) is 86.7 cm³/mol. The molecule has 1 N–H and O–H groups in total. The molecule has 3 rings (SSSR count). The SMILES string of the molecule is O=C(Nc1nc(-c2cccc(Cl)c2)cs1)N1CCOCS1. The molecule has 21 heavy (non-hydrogen) atoms. The highest BCUT2D eigenvalue weighted by molar-refractivity contribution is 7.97. The van der Waals surface area contributed by atoms with Gasteiger partial charge in [0.1, 0.15) is 5.94 Å². The van der Waals surface area contributed by atoms with E-state index in [1.54, 1.807) is 4.31 Å². The van der Waals surface area contributed by atoms with Gasteiger partial charge in [-0.1, -0.05) is 23.7 Å². The van der Waals surface area contributed by atoms with E-state index in [1.165, 1.54) is 23.3 Å². The minimum Gasteiger partial charge on any atom is -0.367 e. The molecule has 0 bridgehead atoms. The van der Waals surface area contributed by atoms with Crippen LogP contribution in [0.2, 0.25) is 5.02 Å². The van der Waals surface area contributed by atoms with Crippen LogP contribution < -0.4 is 5.32 Å². The van der Waals surface area contributed by atoms with Crippen LogP contribution in [0.4, 0.5) is 9.93 Å². The molecule has 8 heteroatoms. The summed E-state index contributed by atoms with van der Waals surface area (Å²) in [5.41, 5.74) is 1.73. The number of anilines is 1. The van der Waals surface area contributed by atoms with Crippen molar-refractivity contribution < 1.29 is 9.53 Å².